The van der Waals surface area contributed by atoms with Gasteiger partial charge in [-0.05, 0) is 42.3 Å². The standard InChI is InChI=1S/C14H12F2N2O.ClH/c15-12-1-2-13(16)11(9-12)5-8-18-14(19)10-3-6-17-7-4-10;/h1-4,6-7,9H,5,8H2,(H,18,19);1H. The van der Waals surface area contributed by atoms with E-state index < -0.39 is 11.6 Å². The Morgan fingerprint density at radius 1 is 1.15 bits per heavy atom. The first-order valence-corrected chi connectivity index (χ1v) is 5.79. The summed E-state index contributed by atoms with van der Waals surface area (Å²) < 4.78 is 26.3. The molecule has 0 spiro atoms. The van der Waals surface area contributed by atoms with Gasteiger partial charge < -0.3 is 5.32 Å². The zero-order valence-electron chi connectivity index (χ0n) is 10.5. The van der Waals surface area contributed by atoms with Crippen LogP contribution in [-0.2, 0) is 6.42 Å². The van der Waals surface area contributed by atoms with Gasteiger partial charge in [0, 0.05) is 24.5 Å². The van der Waals surface area contributed by atoms with Gasteiger partial charge in [0.15, 0.2) is 0 Å². The molecule has 0 atom stereocenters. The number of pyridine rings is 1. The average molecular weight is 299 g/mol. The molecule has 1 aromatic carbocycles. The Bertz CT molecular complexity index is 579. The van der Waals surface area contributed by atoms with Crippen molar-refractivity contribution in [3.8, 4) is 0 Å². The van der Waals surface area contributed by atoms with Gasteiger partial charge in [0.2, 0.25) is 0 Å². The quantitative estimate of drug-likeness (QED) is 0.943. The van der Waals surface area contributed by atoms with Crippen LogP contribution in [0.4, 0.5) is 8.78 Å². The lowest BCUT2D eigenvalue weighted by atomic mass is 10.1. The smallest absolute Gasteiger partial charge is 0.251 e. The zero-order valence-corrected chi connectivity index (χ0v) is 11.3. The Kier molecular flexibility index (Phi) is 6.06. The van der Waals surface area contributed by atoms with Crippen molar-refractivity contribution in [3.05, 3.63) is 65.5 Å². The number of benzene rings is 1. The van der Waals surface area contributed by atoms with E-state index in [0.717, 1.165) is 18.2 Å². The van der Waals surface area contributed by atoms with Crippen LogP contribution in [-0.4, -0.2) is 17.4 Å². The number of aromatic nitrogens is 1. The van der Waals surface area contributed by atoms with Gasteiger partial charge >= 0.3 is 0 Å². The summed E-state index contributed by atoms with van der Waals surface area (Å²) in [6, 6.07) is 6.44. The van der Waals surface area contributed by atoms with Gasteiger partial charge in [0.25, 0.3) is 5.91 Å². The van der Waals surface area contributed by atoms with E-state index >= 15 is 0 Å². The Labute approximate surface area is 121 Å². The second-order valence-corrected chi connectivity index (χ2v) is 3.98. The summed E-state index contributed by atoms with van der Waals surface area (Å²) >= 11 is 0. The van der Waals surface area contributed by atoms with Crippen molar-refractivity contribution < 1.29 is 13.6 Å². The number of rotatable bonds is 4. The summed E-state index contributed by atoms with van der Waals surface area (Å²) in [5.41, 5.74) is 0.727. The van der Waals surface area contributed by atoms with E-state index in [4.69, 9.17) is 0 Å². The third kappa shape index (κ3) is 4.28. The average Bonchev–Trinajstić information content (AvgIpc) is 2.43. The predicted molar refractivity (Wildman–Crippen MR) is 73.9 cm³/mol. The third-order valence-corrected chi connectivity index (χ3v) is 2.63. The van der Waals surface area contributed by atoms with Crippen molar-refractivity contribution in [3.63, 3.8) is 0 Å². The number of hydrogen-bond donors (Lipinski definition) is 1. The van der Waals surface area contributed by atoms with Crippen LogP contribution in [0.1, 0.15) is 15.9 Å². The van der Waals surface area contributed by atoms with Crippen molar-refractivity contribution in [1.29, 1.82) is 0 Å². The first-order chi connectivity index (χ1) is 9.16. The summed E-state index contributed by atoms with van der Waals surface area (Å²) in [7, 11) is 0. The molecule has 0 fully saturated rings. The molecule has 0 unspecified atom stereocenters. The Hall–Kier alpha value is -2.01. The lowest BCUT2D eigenvalue weighted by Gasteiger charge is -2.06. The molecule has 106 valence electrons. The van der Waals surface area contributed by atoms with Crippen molar-refractivity contribution in [2.45, 2.75) is 6.42 Å². The summed E-state index contributed by atoms with van der Waals surface area (Å²) in [5, 5.41) is 2.64. The largest absolute Gasteiger partial charge is 0.352 e. The highest BCUT2D eigenvalue weighted by atomic mass is 35.5. The predicted octanol–water partition coefficient (Wildman–Crippen LogP) is 2.75. The molecular weight excluding hydrogens is 286 g/mol. The highest BCUT2D eigenvalue weighted by Crippen LogP contribution is 2.09. The van der Waals surface area contributed by atoms with Gasteiger partial charge in [-0.15, -0.1) is 12.4 Å². The van der Waals surface area contributed by atoms with Gasteiger partial charge in [-0.25, -0.2) is 8.78 Å². The van der Waals surface area contributed by atoms with Crippen molar-refractivity contribution >= 4 is 18.3 Å². The third-order valence-electron chi connectivity index (χ3n) is 2.63. The Balaban J connectivity index is 0.00000200. The monoisotopic (exact) mass is 298 g/mol. The lowest BCUT2D eigenvalue weighted by Crippen LogP contribution is -2.25. The second-order valence-electron chi connectivity index (χ2n) is 3.98. The molecule has 0 bridgehead atoms. The van der Waals surface area contributed by atoms with Crippen LogP contribution in [0.3, 0.4) is 0 Å². The van der Waals surface area contributed by atoms with Crippen LogP contribution in [0.25, 0.3) is 0 Å². The maximum Gasteiger partial charge on any atom is 0.251 e. The van der Waals surface area contributed by atoms with Gasteiger partial charge in [-0.1, -0.05) is 0 Å². The fourth-order valence-corrected chi connectivity index (χ4v) is 1.65. The minimum absolute atomic E-state index is 0. The molecule has 6 heteroatoms. The summed E-state index contributed by atoms with van der Waals surface area (Å²) in [6.45, 7) is 0.238. The number of nitrogens with zero attached hydrogens (tertiary/aromatic N) is 1. The van der Waals surface area contributed by atoms with Crippen LogP contribution >= 0.6 is 12.4 Å². The van der Waals surface area contributed by atoms with Crippen LogP contribution in [0, 0.1) is 11.6 Å². The van der Waals surface area contributed by atoms with Crippen molar-refractivity contribution in [2.24, 2.45) is 0 Å². The number of nitrogens with one attached hydrogen (secondary N) is 1. The van der Waals surface area contributed by atoms with Crippen LogP contribution in [0.15, 0.2) is 42.7 Å². The fourth-order valence-electron chi connectivity index (χ4n) is 1.65. The SMILES string of the molecule is Cl.O=C(NCCc1cc(F)ccc1F)c1ccncc1. The molecule has 2 rings (SSSR count). The number of carbonyl (C=O) groups excluding carboxylic acids is 1. The number of carbonyl (C=O) groups is 1. The van der Waals surface area contributed by atoms with E-state index in [-0.39, 0.29) is 36.8 Å². The molecular formula is C14H13ClF2N2O. The molecule has 2 aromatic rings. The van der Waals surface area contributed by atoms with Gasteiger partial charge in [-0.3, -0.25) is 9.78 Å². The number of hydrogen-bond acceptors (Lipinski definition) is 2. The molecule has 3 nitrogen and oxygen atoms in total. The van der Waals surface area contributed by atoms with Gasteiger partial charge in [0.05, 0.1) is 0 Å². The summed E-state index contributed by atoms with van der Waals surface area (Å²) in [4.78, 5) is 15.5. The normalized spacial score (nSPS) is 9.70. The minimum Gasteiger partial charge on any atom is -0.352 e. The molecule has 1 heterocycles. The second kappa shape index (κ2) is 7.55. The molecule has 1 amide bonds. The molecule has 20 heavy (non-hydrogen) atoms. The Morgan fingerprint density at radius 2 is 1.85 bits per heavy atom. The molecule has 1 N–H and O–H groups in total. The zero-order chi connectivity index (χ0) is 13.7. The van der Waals surface area contributed by atoms with Crippen molar-refractivity contribution in [2.75, 3.05) is 6.54 Å². The van der Waals surface area contributed by atoms with E-state index in [2.05, 4.69) is 10.3 Å². The lowest BCUT2D eigenvalue weighted by molar-refractivity contribution is 0.0954. The Morgan fingerprint density at radius 3 is 2.55 bits per heavy atom. The van der Waals surface area contributed by atoms with E-state index in [1.807, 2.05) is 0 Å². The summed E-state index contributed by atoms with van der Waals surface area (Å²) in [6.07, 6.45) is 3.27. The number of amides is 1. The molecule has 0 aliphatic heterocycles. The minimum atomic E-state index is -0.489. The van der Waals surface area contributed by atoms with E-state index in [1.165, 1.54) is 12.4 Å². The van der Waals surface area contributed by atoms with Gasteiger partial charge in [-0.2, -0.15) is 0 Å². The molecule has 0 aliphatic carbocycles. The molecule has 0 aliphatic rings. The first kappa shape index (κ1) is 16.0. The highest BCUT2D eigenvalue weighted by molar-refractivity contribution is 5.93. The fraction of sp³-hybridized carbons (Fsp3) is 0.143. The number of halogens is 3. The van der Waals surface area contributed by atoms with E-state index in [9.17, 15) is 13.6 Å². The molecule has 1 aromatic heterocycles. The van der Waals surface area contributed by atoms with E-state index in [1.54, 1.807) is 12.1 Å². The maximum atomic E-state index is 13.3. The summed E-state index contributed by atoms with van der Waals surface area (Å²) in [5.74, 6) is -1.23. The van der Waals surface area contributed by atoms with Gasteiger partial charge in [0.1, 0.15) is 11.6 Å². The topological polar surface area (TPSA) is 42.0 Å². The molecule has 0 saturated carbocycles. The van der Waals surface area contributed by atoms with Crippen LogP contribution < -0.4 is 5.32 Å². The maximum absolute atomic E-state index is 13.3. The van der Waals surface area contributed by atoms with Crippen LogP contribution in [0.5, 0.6) is 0 Å². The molecule has 0 radical (unpaired) electrons. The van der Waals surface area contributed by atoms with Crippen LogP contribution in [0.2, 0.25) is 0 Å². The van der Waals surface area contributed by atoms with E-state index in [0.29, 0.717) is 5.56 Å². The van der Waals surface area contributed by atoms with Crippen molar-refractivity contribution in [1.82, 2.24) is 10.3 Å². The first-order valence-electron chi connectivity index (χ1n) is 5.79. The highest BCUT2D eigenvalue weighted by Gasteiger charge is 2.06. The molecule has 0 saturated heterocycles.